The summed E-state index contributed by atoms with van der Waals surface area (Å²) in [6, 6.07) is 11.9. The molecule has 0 aliphatic rings. The van der Waals surface area contributed by atoms with Gasteiger partial charge < -0.3 is 9.67 Å². The van der Waals surface area contributed by atoms with E-state index in [0.717, 1.165) is 21.1 Å². The van der Waals surface area contributed by atoms with Crippen LogP contribution in [-0.4, -0.2) is 9.67 Å². The number of aryl methyl sites for hydroxylation is 2. The molecule has 0 saturated heterocycles. The summed E-state index contributed by atoms with van der Waals surface area (Å²) >= 11 is 3.42. The number of aromatic nitrogens is 1. The molecule has 0 radical (unpaired) electrons. The van der Waals surface area contributed by atoms with Crippen molar-refractivity contribution in [2.75, 3.05) is 0 Å². The fourth-order valence-electron chi connectivity index (χ4n) is 2.75. The van der Waals surface area contributed by atoms with Gasteiger partial charge in [0, 0.05) is 9.86 Å². The highest BCUT2D eigenvalue weighted by Crippen LogP contribution is 2.41. The molecule has 1 aromatic heterocycles. The van der Waals surface area contributed by atoms with Gasteiger partial charge in [0.1, 0.15) is 0 Å². The molecular formula is C17H15BrN2O2. The number of halogens is 1. The van der Waals surface area contributed by atoms with Crippen molar-refractivity contribution in [2.45, 2.75) is 20.4 Å². The smallest absolute Gasteiger partial charge is 0.222 e. The van der Waals surface area contributed by atoms with Crippen LogP contribution in [0.1, 0.15) is 16.7 Å². The van der Waals surface area contributed by atoms with E-state index in [4.69, 9.17) is 0 Å². The van der Waals surface area contributed by atoms with Crippen LogP contribution in [0.25, 0.3) is 10.9 Å². The summed E-state index contributed by atoms with van der Waals surface area (Å²) in [5.41, 5.74) is 4.13. The number of hydrogen-bond donors (Lipinski definition) is 1. The first kappa shape index (κ1) is 14.8. The lowest BCUT2D eigenvalue weighted by Crippen LogP contribution is -2.00. The summed E-state index contributed by atoms with van der Waals surface area (Å²) in [5.74, 6) is -0.0909. The van der Waals surface area contributed by atoms with Crippen LogP contribution in [0.5, 0.6) is 5.88 Å². The molecule has 3 rings (SSSR count). The minimum absolute atomic E-state index is 0.0894. The second-order valence-corrected chi connectivity index (χ2v) is 6.37. The summed E-state index contributed by atoms with van der Waals surface area (Å²) in [5, 5.41) is 14.1. The molecule has 4 nitrogen and oxygen atoms in total. The number of nitroso groups, excluding NO2 is 1. The normalized spacial score (nSPS) is 11.0. The molecule has 0 spiro atoms. The Morgan fingerprint density at radius 1 is 1.18 bits per heavy atom. The first-order valence-corrected chi connectivity index (χ1v) is 7.70. The van der Waals surface area contributed by atoms with Crippen LogP contribution in [0.4, 0.5) is 5.69 Å². The van der Waals surface area contributed by atoms with Crippen LogP contribution in [0.15, 0.2) is 46.0 Å². The fourth-order valence-corrected chi connectivity index (χ4v) is 3.32. The molecule has 3 aromatic rings. The topological polar surface area (TPSA) is 54.6 Å². The van der Waals surface area contributed by atoms with Crippen LogP contribution in [0, 0.1) is 18.8 Å². The van der Waals surface area contributed by atoms with Crippen molar-refractivity contribution in [2.24, 2.45) is 5.18 Å². The van der Waals surface area contributed by atoms with Gasteiger partial charge in [0.05, 0.1) is 12.1 Å². The molecule has 0 aliphatic heterocycles. The molecule has 0 atom stereocenters. The third-order valence-electron chi connectivity index (χ3n) is 3.81. The van der Waals surface area contributed by atoms with Crippen LogP contribution >= 0.6 is 15.9 Å². The van der Waals surface area contributed by atoms with E-state index in [1.807, 2.05) is 50.2 Å². The van der Waals surface area contributed by atoms with Gasteiger partial charge in [-0.3, -0.25) is 0 Å². The van der Waals surface area contributed by atoms with E-state index in [0.29, 0.717) is 11.9 Å². The number of aromatic hydroxyl groups is 1. The van der Waals surface area contributed by atoms with Gasteiger partial charge in [0.15, 0.2) is 5.69 Å². The average Bonchev–Trinajstić information content (AvgIpc) is 2.73. The Balaban J connectivity index is 2.22. The molecule has 0 unspecified atom stereocenters. The van der Waals surface area contributed by atoms with E-state index in [-0.39, 0.29) is 11.6 Å². The quantitative estimate of drug-likeness (QED) is 0.656. The molecule has 0 fully saturated rings. The molecule has 5 heteroatoms. The van der Waals surface area contributed by atoms with Crippen molar-refractivity contribution in [3.05, 3.63) is 62.5 Å². The van der Waals surface area contributed by atoms with Crippen LogP contribution in [0.3, 0.4) is 0 Å². The lowest BCUT2D eigenvalue weighted by Gasteiger charge is -2.09. The Kier molecular flexibility index (Phi) is 3.74. The number of nitrogens with zero attached hydrogens (tertiary/aromatic N) is 2. The number of hydrogen-bond acceptors (Lipinski definition) is 3. The second kappa shape index (κ2) is 5.57. The van der Waals surface area contributed by atoms with E-state index >= 15 is 0 Å². The van der Waals surface area contributed by atoms with Gasteiger partial charge in [-0.2, -0.15) is 0 Å². The lowest BCUT2D eigenvalue weighted by atomic mass is 10.1. The van der Waals surface area contributed by atoms with Gasteiger partial charge in [-0.1, -0.05) is 45.8 Å². The monoisotopic (exact) mass is 358 g/mol. The van der Waals surface area contributed by atoms with Gasteiger partial charge >= 0.3 is 0 Å². The summed E-state index contributed by atoms with van der Waals surface area (Å²) in [7, 11) is 0. The second-order valence-electron chi connectivity index (χ2n) is 5.45. The summed E-state index contributed by atoms with van der Waals surface area (Å²) < 4.78 is 2.59. The van der Waals surface area contributed by atoms with E-state index in [1.54, 1.807) is 4.57 Å². The van der Waals surface area contributed by atoms with Crippen molar-refractivity contribution < 1.29 is 5.11 Å². The molecule has 0 saturated carbocycles. The van der Waals surface area contributed by atoms with E-state index in [2.05, 4.69) is 21.1 Å². The Bertz CT molecular complexity index is 867. The van der Waals surface area contributed by atoms with Crippen LogP contribution in [-0.2, 0) is 6.54 Å². The highest BCUT2D eigenvalue weighted by Gasteiger charge is 2.19. The minimum Gasteiger partial charge on any atom is -0.493 e. The van der Waals surface area contributed by atoms with Crippen LogP contribution in [0.2, 0.25) is 0 Å². The minimum atomic E-state index is -0.0909. The highest BCUT2D eigenvalue weighted by molar-refractivity contribution is 9.10. The van der Waals surface area contributed by atoms with Crippen LogP contribution < -0.4 is 0 Å². The molecule has 22 heavy (non-hydrogen) atoms. The number of benzene rings is 2. The van der Waals surface area contributed by atoms with Gasteiger partial charge in [0.2, 0.25) is 5.88 Å². The molecular weight excluding hydrogens is 344 g/mol. The van der Waals surface area contributed by atoms with Crippen molar-refractivity contribution in [1.29, 1.82) is 0 Å². The Morgan fingerprint density at radius 3 is 2.50 bits per heavy atom. The fraction of sp³-hybridized carbons (Fsp3) is 0.176. The number of rotatable bonds is 3. The lowest BCUT2D eigenvalue weighted by molar-refractivity contribution is 0.430. The van der Waals surface area contributed by atoms with Crippen molar-refractivity contribution in [3.63, 3.8) is 0 Å². The van der Waals surface area contributed by atoms with Gasteiger partial charge in [-0.25, -0.2) is 0 Å². The maximum atomic E-state index is 11.1. The predicted octanol–water partition coefficient (Wildman–Crippen LogP) is 5.17. The summed E-state index contributed by atoms with van der Waals surface area (Å²) in [6.45, 7) is 4.47. The van der Waals surface area contributed by atoms with Crippen molar-refractivity contribution >= 4 is 32.5 Å². The highest BCUT2D eigenvalue weighted by atomic mass is 79.9. The molecule has 112 valence electrons. The maximum absolute atomic E-state index is 11.1. The molecule has 2 aromatic carbocycles. The molecule has 1 heterocycles. The van der Waals surface area contributed by atoms with Gasteiger partial charge in [-0.05, 0) is 42.3 Å². The zero-order chi connectivity index (χ0) is 15.9. The summed E-state index contributed by atoms with van der Waals surface area (Å²) in [4.78, 5) is 11.1. The molecule has 0 amide bonds. The zero-order valence-corrected chi connectivity index (χ0v) is 13.9. The average molecular weight is 359 g/mol. The molecule has 0 bridgehead atoms. The Labute approximate surface area is 136 Å². The molecule has 0 aliphatic carbocycles. The zero-order valence-electron chi connectivity index (χ0n) is 12.3. The molecule has 1 N–H and O–H groups in total. The van der Waals surface area contributed by atoms with E-state index < -0.39 is 0 Å². The van der Waals surface area contributed by atoms with Crippen molar-refractivity contribution in [3.8, 4) is 5.88 Å². The van der Waals surface area contributed by atoms with Gasteiger partial charge in [0.25, 0.3) is 0 Å². The van der Waals surface area contributed by atoms with E-state index in [1.165, 1.54) is 5.56 Å². The standard InChI is InChI=1S/C17H15BrN2O2/c1-10-3-5-12(6-4-10)9-20-16-11(2)7-13(18)8-14(16)15(19-22)17(20)21/h3-8,21H,9H2,1-2H3. The third-order valence-corrected chi connectivity index (χ3v) is 4.27. The number of fused-ring (bicyclic) bond motifs is 1. The largest absolute Gasteiger partial charge is 0.493 e. The van der Waals surface area contributed by atoms with Gasteiger partial charge in [-0.15, -0.1) is 4.91 Å². The Hall–Kier alpha value is -2.14. The predicted molar refractivity (Wildman–Crippen MR) is 91.8 cm³/mol. The third kappa shape index (κ3) is 2.41. The van der Waals surface area contributed by atoms with E-state index in [9.17, 15) is 10.0 Å². The SMILES string of the molecule is Cc1ccc(Cn2c(O)c(N=O)c3cc(Br)cc(C)c32)cc1. The first-order valence-electron chi connectivity index (χ1n) is 6.91. The Morgan fingerprint density at radius 2 is 1.86 bits per heavy atom. The van der Waals surface area contributed by atoms with Crippen molar-refractivity contribution in [1.82, 2.24) is 4.57 Å². The first-order chi connectivity index (χ1) is 10.5. The summed E-state index contributed by atoms with van der Waals surface area (Å²) in [6.07, 6.45) is 0. The maximum Gasteiger partial charge on any atom is 0.222 e.